The summed E-state index contributed by atoms with van der Waals surface area (Å²) in [4.78, 5) is 20.8. The van der Waals surface area contributed by atoms with Gasteiger partial charge in [-0.05, 0) is 56.0 Å². The first-order valence-corrected chi connectivity index (χ1v) is 10.4. The monoisotopic (exact) mass is 417 g/mol. The summed E-state index contributed by atoms with van der Waals surface area (Å²) in [6, 6.07) is 11.5. The predicted molar refractivity (Wildman–Crippen MR) is 117 cm³/mol. The lowest BCUT2D eigenvalue weighted by Gasteiger charge is -2.30. The summed E-state index contributed by atoms with van der Waals surface area (Å²) in [5.74, 6) is 1.40. The summed E-state index contributed by atoms with van der Waals surface area (Å²) < 4.78 is 8.53. The number of methoxy groups -OCH3 is 1. The third-order valence-electron chi connectivity index (χ3n) is 5.82. The van der Waals surface area contributed by atoms with Gasteiger partial charge in [-0.3, -0.25) is 9.78 Å². The number of rotatable bonds is 5. The van der Waals surface area contributed by atoms with Crippen LogP contribution in [0.4, 0.5) is 5.69 Å². The zero-order valence-electron chi connectivity index (χ0n) is 17.2. The first-order chi connectivity index (χ1) is 15.2. The summed E-state index contributed by atoms with van der Waals surface area (Å²) in [5.41, 5.74) is 1.89. The van der Waals surface area contributed by atoms with Crippen LogP contribution in [-0.2, 0) is 0 Å². The molecule has 0 radical (unpaired) electrons. The van der Waals surface area contributed by atoms with Crippen molar-refractivity contribution in [1.29, 1.82) is 0 Å². The molecule has 4 aromatic rings. The molecule has 1 fully saturated rings. The van der Waals surface area contributed by atoms with Crippen molar-refractivity contribution in [2.75, 3.05) is 12.4 Å². The van der Waals surface area contributed by atoms with E-state index in [1.165, 1.54) is 6.33 Å². The van der Waals surface area contributed by atoms with Crippen molar-refractivity contribution in [3.8, 4) is 11.6 Å². The number of anilines is 1. The van der Waals surface area contributed by atoms with Gasteiger partial charge in [0.15, 0.2) is 5.82 Å². The van der Waals surface area contributed by atoms with Crippen molar-refractivity contribution < 1.29 is 4.74 Å². The Kier molecular flexibility index (Phi) is 5.07. The highest BCUT2D eigenvalue weighted by Gasteiger charge is 2.24. The molecule has 0 saturated heterocycles. The molecule has 1 aliphatic rings. The summed E-state index contributed by atoms with van der Waals surface area (Å²) in [5, 5.41) is 13.3. The van der Waals surface area contributed by atoms with Crippen LogP contribution < -0.4 is 15.6 Å². The average Bonchev–Trinajstić information content (AvgIpc) is 3.35. The van der Waals surface area contributed by atoms with Crippen molar-refractivity contribution in [3.05, 3.63) is 65.6 Å². The van der Waals surface area contributed by atoms with Gasteiger partial charge >= 0.3 is 0 Å². The zero-order valence-corrected chi connectivity index (χ0v) is 17.2. The third-order valence-corrected chi connectivity index (χ3v) is 5.82. The minimum absolute atomic E-state index is 0.0725. The molecule has 0 unspecified atom stereocenters. The molecule has 158 valence electrons. The third kappa shape index (κ3) is 3.86. The van der Waals surface area contributed by atoms with Crippen LogP contribution in [0, 0.1) is 0 Å². The lowest BCUT2D eigenvalue weighted by atomic mass is 9.91. The molecular weight excluding hydrogens is 394 g/mol. The number of aromatic nitrogens is 6. The smallest absolute Gasteiger partial charge is 0.267 e. The zero-order chi connectivity index (χ0) is 21.2. The van der Waals surface area contributed by atoms with Crippen LogP contribution in [-0.4, -0.2) is 42.7 Å². The van der Waals surface area contributed by atoms with Gasteiger partial charge in [0, 0.05) is 29.4 Å². The Morgan fingerprint density at radius 1 is 1.10 bits per heavy atom. The van der Waals surface area contributed by atoms with E-state index >= 15 is 0 Å². The van der Waals surface area contributed by atoms with Crippen LogP contribution in [0.25, 0.3) is 16.7 Å². The van der Waals surface area contributed by atoms with E-state index in [1.807, 2.05) is 30.5 Å². The lowest BCUT2D eigenvalue weighted by molar-refractivity contribution is 0.303. The van der Waals surface area contributed by atoms with E-state index < -0.39 is 0 Å². The molecule has 31 heavy (non-hydrogen) atoms. The van der Waals surface area contributed by atoms with E-state index in [9.17, 15) is 4.79 Å². The second-order valence-corrected chi connectivity index (χ2v) is 7.71. The maximum atomic E-state index is 12.4. The molecule has 5 rings (SSSR count). The maximum Gasteiger partial charge on any atom is 0.267 e. The minimum atomic E-state index is -0.0903. The Balaban J connectivity index is 1.31. The number of fused-ring (bicyclic) bond motifs is 1. The normalized spacial score (nSPS) is 18.7. The largest absolute Gasteiger partial charge is 0.497 e. The number of hydrogen-bond acceptors (Lipinski definition) is 7. The number of hydrogen-bond donors (Lipinski definition) is 1. The Morgan fingerprint density at radius 2 is 1.97 bits per heavy atom. The summed E-state index contributed by atoms with van der Waals surface area (Å²) in [6.45, 7) is 0. The first kappa shape index (κ1) is 19.2. The molecule has 1 aliphatic carbocycles. The Labute approximate surface area is 178 Å². The molecule has 3 aromatic heterocycles. The lowest BCUT2D eigenvalue weighted by Crippen LogP contribution is -2.33. The van der Waals surface area contributed by atoms with Crippen molar-refractivity contribution in [2.24, 2.45) is 0 Å². The van der Waals surface area contributed by atoms with Gasteiger partial charge in [0.1, 0.15) is 18.4 Å². The van der Waals surface area contributed by atoms with Crippen LogP contribution in [0.1, 0.15) is 31.7 Å². The molecule has 0 atom stereocenters. The van der Waals surface area contributed by atoms with Crippen molar-refractivity contribution in [2.45, 2.75) is 37.8 Å². The summed E-state index contributed by atoms with van der Waals surface area (Å²) >= 11 is 0. The minimum Gasteiger partial charge on any atom is -0.497 e. The fraction of sp³-hybridized carbons (Fsp3) is 0.318. The summed E-state index contributed by atoms with van der Waals surface area (Å²) in [7, 11) is 1.67. The van der Waals surface area contributed by atoms with Gasteiger partial charge in [0.2, 0.25) is 0 Å². The molecular formula is C22H23N7O2. The number of nitrogens with one attached hydrogen (secondary N) is 1. The highest BCUT2D eigenvalue weighted by Crippen LogP contribution is 2.32. The quantitative estimate of drug-likeness (QED) is 0.533. The molecule has 9 heteroatoms. The Bertz CT molecular complexity index is 1240. The SMILES string of the molecule is COc1ccc2nccc(NC3CCC(n4nc(-n5cncn5)ccc4=O)CC3)c2c1. The number of ether oxygens (including phenoxy) is 1. The molecule has 1 aromatic carbocycles. The summed E-state index contributed by atoms with van der Waals surface area (Å²) in [6.07, 6.45) is 8.48. The van der Waals surface area contributed by atoms with Crippen LogP contribution in [0.15, 0.2) is 60.0 Å². The van der Waals surface area contributed by atoms with Gasteiger partial charge in [-0.1, -0.05) is 0 Å². The standard InChI is InChI=1S/C22H23N7O2/c1-31-17-6-7-19-18(12-17)20(10-11-24-19)26-15-2-4-16(5-3-15)29-22(30)9-8-21(27-29)28-14-23-13-25-28/h6-16H,2-5H2,1H3,(H,24,26). The van der Waals surface area contributed by atoms with E-state index in [1.54, 1.807) is 34.9 Å². The molecule has 0 aliphatic heterocycles. The van der Waals surface area contributed by atoms with Gasteiger partial charge in [0.05, 0.1) is 18.7 Å². The van der Waals surface area contributed by atoms with E-state index in [-0.39, 0.29) is 11.6 Å². The second-order valence-electron chi connectivity index (χ2n) is 7.71. The van der Waals surface area contributed by atoms with Crippen LogP contribution >= 0.6 is 0 Å². The molecule has 0 amide bonds. The van der Waals surface area contributed by atoms with E-state index in [0.717, 1.165) is 48.0 Å². The number of nitrogens with zero attached hydrogens (tertiary/aromatic N) is 6. The fourth-order valence-corrected chi connectivity index (χ4v) is 4.19. The van der Waals surface area contributed by atoms with Gasteiger partial charge < -0.3 is 10.1 Å². The highest BCUT2D eigenvalue weighted by atomic mass is 16.5. The predicted octanol–water partition coefficient (Wildman–Crippen LogP) is 2.98. The first-order valence-electron chi connectivity index (χ1n) is 10.4. The maximum absolute atomic E-state index is 12.4. The Hall–Kier alpha value is -3.75. The van der Waals surface area contributed by atoms with Crippen LogP contribution in [0.3, 0.4) is 0 Å². The van der Waals surface area contributed by atoms with Gasteiger partial charge in [0.25, 0.3) is 5.56 Å². The molecule has 0 spiro atoms. The number of benzene rings is 1. The van der Waals surface area contributed by atoms with Crippen molar-refractivity contribution >= 4 is 16.6 Å². The topological polar surface area (TPSA) is 99.8 Å². The van der Waals surface area contributed by atoms with Crippen molar-refractivity contribution in [3.63, 3.8) is 0 Å². The molecule has 3 heterocycles. The highest BCUT2D eigenvalue weighted by molar-refractivity contribution is 5.92. The van der Waals surface area contributed by atoms with E-state index in [4.69, 9.17) is 4.74 Å². The molecule has 1 saturated carbocycles. The van der Waals surface area contributed by atoms with Gasteiger partial charge in [-0.15, -0.1) is 5.10 Å². The molecule has 0 bridgehead atoms. The van der Waals surface area contributed by atoms with Crippen molar-refractivity contribution in [1.82, 2.24) is 29.5 Å². The van der Waals surface area contributed by atoms with Gasteiger partial charge in [-0.2, -0.15) is 5.10 Å². The van der Waals surface area contributed by atoms with E-state index in [2.05, 4.69) is 25.5 Å². The van der Waals surface area contributed by atoms with E-state index in [0.29, 0.717) is 11.9 Å². The molecule has 9 nitrogen and oxygen atoms in total. The average molecular weight is 417 g/mol. The van der Waals surface area contributed by atoms with Crippen LogP contribution in [0.2, 0.25) is 0 Å². The number of pyridine rings is 1. The fourth-order valence-electron chi connectivity index (χ4n) is 4.19. The Morgan fingerprint density at radius 3 is 2.74 bits per heavy atom. The van der Waals surface area contributed by atoms with Crippen LogP contribution in [0.5, 0.6) is 5.75 Å². The second kappa shape index (κ2) is 8.17. The molecule has 1 N–H and O–H groups in total. The van der Waals surface area contributed by atoms with Gasteiger partial charge in [-0.25, -0.2) is 14.3 Å².